The van der Waals surface area contributed by atoms with Gasteiger partial charge in [-0.15, -0.1) is 10.2 Å². The van der Waals surface area contributed by atoms with Gasteiger partial charge < -0.3 is 14.6 Å². The number of rotatable bonds is 6. The highest BCUT2D eigenvalue weighted by molar-refractivity contribution is 5.33. The van der Waals surface area contributed by atoms with Gasteiger partial charge >= 0.3 is 0 Å². The Morgan fingerprint density at radius 3 is 2.74 bits per heavy atom. The second-order valence-electron chi connectivity index (χ2n) is 6.48. The summed E-state index contributed by atoms with van der Waals surface area (Å²) in [4.78, 5) is 0. The lowest BCUT2D eigenvalue weighted by Gasteiger charge is -2.15. The topological polar surface area (TPSA) is 69.8 Å². The average molecular weight is 318 g/mol. The van der Waals surface area contributed by atoms with Crippen LogP contribution in [0.4, 0.5) is 0 Å². The van der Waals surface area contributed by atoms with Gasteiger partial charge in [0.2, 0.25) is 5.88 Å². The third-order valence-corrected chi connectivity index (χ3v) is 4.47. The first-order chi connectivity index (χ1) is 11.0. The lowest BCUT2D eigenvalue weighted by molar-refractivity contribution is 0.366. The Morgan fingerprint density at radius 1 is 1.26 bits per heavy atom. The summed E-state index contributed by atoms with van der Waals surface area (Å²) in [5.41, 5.74) is 2.20. The van der Waals surface area contributed by atoms with Crippen LogP contribution in [0.15, 0.2) is 0 Å². The number of nitrogens with one attached hydrogen (secondary N) is 1. The number of hydrogen-bond donors (Lipinski definition) is 1. The van der Waals surface area contributed by atoms with E-state index in [1.165, 1.54) is 6.42 Å². The van der Waals surface area contributed by atoms with E-state index in [0.29, 0.717) is 12.5 Å². The zero-order valence-electron chi connectivity index (χ0n) is 14.6. The molecule has 1 unspecified atom stereocenters. The molecule has 3 rings (SSSR count). The van der Waals surface area contributed by atoms with Crippen LogP contribution in [0.1, 0.15) is 62.1 Å². The van der Waals surface area contributed by atoms with Crippen molar-refractivity contribution < 1.29 is 4.74 Å². The molecule has 0 aliphatic carbocycles. The van der Waals surface area contributed by atoms with Gasteiger partial charge in [-0.1, -0.05) is 13.8 Å². The fourth-order valence-corrected chi connectivity index (χ4v) is 3.30. The minimum atomic E-state index is 0.138. The van der Waals surface area contributed by atoms with Crippen molar-refractivity contribution in [2.75, 3.05) is 7.11 Å². The number of aromatic nitrogens is 5. The average Bonchev–Trinajstić information content (AvgIpc) is 3.17. The summed E-state index contributed by atoms with van der Waals surface area (Å²) in [5.74, 6) is 3.30. The van der Waals surface area contributed by atoms with Gasteiger partial charge in [-0.2, -0.15) is 5.10 Å². The Morgan fingerprint density at radius 2 is 2.04 bits per heavy atom. The highest BCUT2D eigenvalue weighted by Gasteiger charge is 2.23. The maximum absolute atomic E-state index is 5.53. The summed E-state index contributed by atoms with van der Waals surface area (Å²) < 4.78 is 9.58. The maximum atomic E-state index is 5.53. The lowest BCUT2D eigenvalue weighted by atomic mass is 10.1. The third kappa shape index (κ3) is 2.85. The molecular weight excluding hydrogens is 292 g/mol. The molecule has 7 heteroatoms. The molecule has 0 saturated heterocycles. The van der Waals surface area contributed by atoms with Crippen molar-refractivity contribution in [3.63, 3.8) is 0 Å². The smallest absolute Gasteiger partial charge is 0.216 e. The van der Waals surface area contributed by atoms with Crippen LogP contribution in [-0.2, 0) is 26.6 Å². The molecule has 1 aliphatic rings. The van der Waals surface area contributed by atoms with Crippen LogP contribution < -0.4 is 10.1 Å². The fourth-order valence-electron chi connectivity index (χ4n) is 3.30. The van der Waals surface area contributed by atoms with Crippen LogP contribution in [0.5, 0.6) is 5.88 Å². The van der Waals surface area contributed by atoms with E-state index in [4.69, 9.17) is 4.74 Å². The number of ether oxygens (including phenoxy) is 1. The van der Waals surface area contributed by atoms with Crippen LogP contribution in [0.25, 0.3) is 0 Å². The molecule has 0 fully saturated rings. The van der Waals surface area contributed by atoms with Crippen molar-refractivity contribution in [3.8, 4) is 5.88 Å². The van der Waals surface area contributed by atoms with E-state index in [0.717, 1.165) is 41.8 Å². The summed E-state index contributed by atoms with van der Waals surface area (Å²) in [7, 11) is 3.61. The summed E-state index contributed by atoms with van der Waals surface area (Å²) in [5, 5.41) is 16.8. The molecule has 2 aromatic rings. The molecular formula is C16H26N6O. The van der Waals surface area contributed by atoms with Gasteiger partial charge in [0.25, 0.3) is 0 Å². The second-order valence-corrected chi connectivity index (χ2v) is 6.48. The number of fused-ring (bicyclic) bond motifs is 1. The van der Waals surface area contributed by atoms with Gasteiger partial charge in [-0.3, -0.25) is 0 Å². The van der Waals surface area contributed by atoms with E-state index in [1.807, 2.05) is 11.7 Å². The molecule has 0 radical (unpaired) electrons. The normalized spacial score (nSPS) is 15.2. The highest BCUT2D eigenvalue weighted by Crippen LogP contribution is 2.28. The van der Waals surface area contributed by atoms with Gasteiger partial charge in [0, 0.05) is 26.6 Å². The molecule has 1 N–H and O–H groups in total. The number of aryl methyl sites for hydroxylation is 2. The predicted octanol–water partition coefficient (Wildman–Crippen LogP) is 1.94. The molecule has 1 atom stereocenters. The Kier molecular flexibility index (Phi) is 4.39. The number of hydrogen-bond acceptors (Lipinski definition) is 5. The molecule has 0 bridgehead atoms. The highest BCUT2D eigenvalue weighted by atomic mass is 16.5. The van der Waals surface area contributed by atoms with Crippen LogP contribution >= 0.6 is 0 Å². The number of methoxy groups -OCH3 is 1. The fraction of sp³-hybridized carbons (Fsp3) is 0.688. The van der Waals surface area contributed by atoms with E-state index in [-0.39, 0.29) is 6.04 Å². The maximum Gasteiger partial charge on any atom is 0.216 e. The van der Waals surface area contributed by atoms with Gasteiger partial charge in [-0.25, -0.2) is 4.68 Å². The molecule has 1 aliphatic heterocycles. The third-order valence-electron chi connectivity index (χ3n) is 4.47. The first-order valence-electron chi connectivity index (χ1n) is 8.28. The molecule has 0 saturated carbocycles. The zero-order valence-corrected chi connectivity index (χ0v) is 14.6. The first kappa shape index (κ1) is 16.0. The Labute approximate surface area is 137 Å². The first-order valence-corrected chi connectivity index (χ1v) is 8.28. The van der Waals surface area contributed by atoms with Crippen LogP contribution in [-0.4, -0.2) is 31.7 Å². The monoisotopic (exact) mass is 318 g/mol. The van der Waals surface area contributed by atoms with Gasteiger partial charge in [0.1, 0.15) is 11.6 Å². The number of nitrogens with zero attached hydrogens (tertiary/aromatic N) is 5. The standard InChI is InChI=1S/C16H26N6O/c1-10(2)14-12(16(23-5)21(4)20-14)9-17-11(3)15-19-18-13-7-6-8-22(13)15/h10-11,17H,6-9H2,1-5H3. The van der Waals surface area contributed by atoms with E-state index < -0.39 is 0 Å². The van der Waals surface area contributed by atoms with Crippen molar-refractivity contribution >= 4 is 0 Å². The molecule has 7 nitrogen and oxygen atoms in total. The van der Waals surface area contributed by atoms with Gasteiger partial charge in [0.15, 0.2) is 0 Å². The lowest BCUT2D eigenvalue weighted by Crippen LogP contribution is -2.22. The predicted molar refractivity (Wildman–Crippen MR) is 87.4 cm³/mol. The summed E-state index contributed by atoms with van der Waals surface area (Å²) in [6.07, 6.45) is 2.20. The Hall–Kier alpha value is -1.89. The van der Waals surface area contributed by atoms with E-state index in [9.17, 15) is 0 Å². The van der Waals surface area contributed by atoms with Crippen molar-refractivity contribution in [2.24, 2.45) is 7.05 Å². The summed E-state index contributed by atoms with van der Waals surface area (Å²) >= 11 is 0. The van der Waals surface area contributed by atoms with Crippen molar-refractivity contribution in [1.82, 2.24) is 29.9 Å². The van der Waals surface area contributed by atoms with Crippen molar-refractivity contribution in [3.05, 3.63) is 22.9 Å². The molecule has 3 heterocycles. The minimum Gasteiger partial charge on any atom is -0.481 e. The molecule has 0 aromatic carbocycles. The van der Waals surface area contributed by atoms with E-state index in [2.05, 4.69) is 46.0 Å². The Bertz CT molecular complexity index is 687. The zero-order chi connectivity index (χ0) is 16.6. The molecule has 126 valence electrons. The second kappa shape index (κ2) is 6.31. The van der Waals surface area contributed by atoms with Crippen molar-refractivity contribution in [1.29, 1.82) is 0 Å². The van der Waals surface area contributed by atoms with E-state index in [1.54, 1.807) is 7.11 Å². The molecule has 0 spiro atoms. The quantitative estimate of drug-likeness (QED) is 0.881. The van der Waals surface area contributed by atoms with Crippen LogP contribution in [0.3, 0.4) is 0 Å². The minimum absolute atomic E-state index is 0.138. The molecule has 2 aromatic heterocycles. The van der Waals surface area contributed by atoms with E-state index >= 15 is 0 Å². The largest absolute Gasteiger partial charge is 0.481 e. The SMILES string of the molecule is COc1c(CNC(C)c2nnc3n2CCC3)c(C(C)C)nn1C. The van der Waals surface area contributed by atoms with Crippen LogP contribution in [0.2, 0.25) is 0 Å². The Balaban J connectivity index is 1.77. The van der Waals surface area contributed by atoms with Crippen LogP contribution in [0, 0.1) is 0 Å². The summed E-state index contributed by atoms with van der Waals surface area (Å²) in [6, 6.07) is 0.138. The molecule has 0 amide bonds. The molecule has 23 heavy (non-hydrogen) atoms. The summed E-state index contributed by atoms with van der Waals surface area (Å²) in [6.45, 7) is 8.17. The van der Waals surface area contributed by atoms with Gasteiger partial charge in [0.05, 0.1) is 24.4 Å². The van der Waals surface area contributed by atoms with Gasteiger partial charge in [-0.05, 0) is 19.3 Å². The van der Waals surface area contributed by atoms with Crippen molar-refractivity contribution in [2.45, 2.75) is 58.7 Å².